The van der Waals surface area contributed by atoms with E-state index in [1.165, 1.54) is 11.8 Å². The number of nitrogens with two attached hydrogens (primary N) is 1. The predicted octanol–water partition coefficient (Wildman–Crippen LogP) is 4.03. The molecular formula is C23H25FN6. The molecule has 1 fully saturated rings. The van der Waals surface area contributed by atoms with E-state index in [1.807, 2.05) is 6.07 Å². The second-order valence-electron chi connectivity index (χ2n) is 8.12. The lowest BCUT2D eigenvalue weighted by Crippen LogP contribution is -2.48. The molecule has 0 atom stereocenters. The summed E-state index contributed by atoms with van der Waals surface area (Å²) in [6.07, 6.45) is 1.65. The zero-order valence-corrected chi connectivity index (χ0v) is 17.2. The van der Waals surface area contributed by atoms with Crippen LogP contribution < -0.4 is 10.6 Å². The second-order valence-corrected chi connectivity index (χ2v) is 8.12. The van der Waals surface area contributed by atoms with Crippen LogP contribution in [0.3, 0.4) is 0 Å². The number of hydrogen-bond acceptors (Lipinski definition) is 5. The van der Waals surface area contributed by atoms with Gasteiger partial charge in [0.1, 0.15) is 11.6 Å². The Morgan fingerprint density at radius 2 is 1.87 bits per heavy atom. The van der Waals surface area contributed by atoms with Crippen molar-refractivity contribution in [1.82, 2.24) is 19.9 Å². The lowest BCUT2D eigenvalue weighted by molar-refractivity contribution is 0.209. The van der Waals surface area contributed by atoms with Crippen LogP contribution in [0, 0.1) is 5.82 Å². The molecular weight excluding hydrogens is 379 g/mol. The predicted molar refractivity (Wildman–Crippen MR) is 120 cm³/mol. The smallest absolute Gasteiger partial charge is 0.142 e. The molecule has 2 aromatic carbocycles. The average molecular weight is 404 g/mol. The molecule has 4 aromatic rings. The van der Waals surface area contributed by atoms with Crippen LogP contribution in [0.5, 0.6) is 0 Å². The first-order valence-electron chi connectivity index (χ1n) is 10.3. The van der Waals surface area contributed by atoms with E-state index >= 15 is 0 Å². The molecule has 0 spiro atoms. The van der Waals surface area contributed by atoms with Gasteiger partial charge < -0.3 is 15.6 Å². The molecule has 0 saturated carbocycles. The fourth-order valence-electron chi connectivity index (χ4n) is 4.23. The summed E-state index contributed by atoms with van der Waals surface area (Å²) in [6, 6.07) is 11.6. The summed E-state index contributed by atoms with van der Waals surface area (Å²) in [4.78, 5) is 17.3. The molecule has 5 rings (SSSR count). The van der Waals surface area contributed by atoms with Gasteiger partial charge in [0.25, 0.3) is 0 Å². The van der Waals surface area contributed by atoms with Crippen molar-refractivity contribution in [3.05, 3.63) is 48.4 Å². The molecule has 6 nitrogen and oxygen atoms in total. The van der Waals surface area contributed by atoms with Crippen molar-refractivity contribution in [3.8, 4) is 11.4 Å². The van der Waals surface area contributed by atoms with Gasteiger partial charge in [0.15, 0.2) is 0 Å². The minimum atomic E-state index is -0.377. The van der Waals surface area contributed by atoms with Crippen molar-refractivity contribution >= 4 is 33.3 Å². The van der Waals surface area contributed by atoms with Crippen LogP contribution in [-0.2, 0) is 0 Å². The highest BCUT2D eigenvalue weighted by Crippen LogP contribution is 2.33. The highest BCUT2D eigenvalue weighted by atomic mass is 19.1. The topological polar surface area (TPSA) is 74.1 Å². The van der Waals surface area contributed by atoms with Crippen LogP contribution in [-0.4, -0.2) is 52.1 Å². The third-order valence-corrected chi connectivity index (χ3v) is 6.01. The molecule has 1 aliphatic rings. The van der Waals surface area contributed by atoms with Crippen molar-refractivity contribution in [2.75, 3.05) is 36.8 Å². The number of anilines is 2. The van der Waals surface area contributed by atoms with Crippen molar-refractivity contribution in [2.45, 2.75) is 19.9 Å². The van der Waals surface area contributed by atoms with Gasteiger partial charge in [0.05, 0.1) is 33.2 Å². The molecule has 0 radical (unpaired) electrons. The van der Waals surface area contributed by atoms with Gasteiger partial charge >= 0.3 is 0 Å². The third kappa shape index (κ3) is 3.15. The molecule has 3 N–H and O–H groups in total. The van der Waals surface area contributed by atoms with Gasteiger partial charge in [-0.25, -0.2) is 9.37 Å². The Bertz CT molecular complexity index is 1220. The maximum Gasteiger partial charge on any atom is 0.142 e. The third-order valence-electron chi connectivity index (χ3n) is 6.01. The number of nitrogens with zero attached hydrogens (tertiary/aromatic N) is 4. The first kappa shape index (κ1) is 18.8. The van der Waals surface area contributed by atoms with E-state index < -0.39 is 0 Å². The molecule has 0 aliphatic carbocycles. The van der Waals surface area contributed by atoms with Crippen molar-refractivity contribution < 1.29 is 4.39 Å². The molecule has 30 heavy (non-hydrogen) atoms. The lowest BCUT2D eigenvalue weighted by Gasteiger charge is -2.38. The van der Waals surface area contributed by atoms with E-state index in [0.717, 1.165) is 37.2 Å². The summed E-state index contributed by atoms with van der Waals surface area (Å²) in [5.41, 5.74) is 10.8. The Morgan fingerprint density at radius 1 is 1.07 bits per heavy atom. The molecule has 1 aliphatic heterocycles. The highest BCUT2D eigenvalue weighted by Gasteiger charge is 2.20. The number of hydrogen-bond donors (Lipinski definition) is 2. The maximum absolute atomic E-state index is 14.3. The molecule has 154 valence electrons. The van der Waals surface area contributed by atoms with Gasteiger partial charge in [0, 0.05) is 44.1 Å². The van der Waals surface area contributed by atoms with Crippen molar-refractivity contribution in [3.63, 3.8) is 0 Å². The number of aromatic nitrogens is 3. The van der Waals surface area contributed by atoms with E-state index in [9.17, 15) is 4.39 Å². The molecule has 0 unspecified atom stereocenters. The number of piperazine rings is 1. The molecule has 3 heterocycles. The number of pyridine rings is 1. The number of fused-ring (bicyclic) bond motifs is 2. The summed E-state index contributed by atoms with van der Waals surface area (Å²) in [5, 5.41) is 0.333. The molecule has 0 bridgehead atoms. The zero-order chi connectivity index (χ0) is 20.8. The number of H-pyrrole nitrogens is 1. The first-order valence-corrected chi connectivity index (χ1v) is 10.3. The van der Waals surface area contributed by atoms with Gasteiger partial charge in [-0.2, -0.15) is 0 Å². The minimum absolute atomic E-state index is 0.333. The molecule has 7 heteroatoms. The average Bonchev–Trinajstić information content (AvgIpc) is 3.17. The van der Waals surface area contributed by atoms with E-state index in [1.54, 1.807) is 18.3 Å². The Kier molecular flexibility index (Phi) is 4.55. The minimum Gasteiger partial charge on any atom is -0.397 e. The lowest BCUT2D eigenvalue weighted by atomic mass is 10.1. The zero-order valence-electron chi connectivity index (χ0n) is 17.2. The summed E-state index contributed by atoms with van der Waals surface area (Å²) in [5.74, 6) is 0.222. The van der Waals surface area contributed by atoms with Crippen LogP contribution in [0.1, 0.15) is 13.8 Å². The Hall–Kier alpha value is -3.19. The van der Waals surface area contributed by atoms with Crippen LogP contribution in [0.15, 0.2) is 42.6 Å². The Labute approximate surface area is 174 Å². The van der Waals surface area contributed by atoms with E-state index in [2.05, 4.69) is 50.7 Å². The van der Waals surface area contributed by atoms with E-state index in [4.69, 9.17) is 5.73 Å². The van der Waals surface area contributed by atoms with Crippen LogP contribution in [0.25, 0.3) is 33.3 Å². The van der Waals surface area contributed by atoms with Gasteiger partial charge in [-0.15, -0.1) is 0 Å². The van der Waals surface area contributed by atoms with Gasteiger partial charge in [0.2, 0.25) is 0 Å². The number of imidazole rings is 1. The monoisotopic (exact) mass is 404 g/mol. The normalized spacial score (nSPS) is 15.5. The second kappa shape index (κ2) is 7.25. The number of nitrogens with one attached hydrogen (secondary N) is 1. The Balaban J connectivity index is 1.49. The Morgan fingerprint density at radius 3 is 2.63 bits per heavy atom. The van der Waals surface area contributed by atoms with Crippen molar-refractivity contribution in [2.24, 2.45) is 0 Å². The van der Waals surface area contributed by atoms with Gasteiger partial charge in [-0.05, 0) is 44.2 Å². The summed E-state index contributed by atoms with van der Waals surface area (Å²) >= 11 is 0. The molecule has 2 aromatic heterocycles. The van der Waals surface area contributed by atoms with Gasteiger partial charge in [-0.1, -0.05) is 6.07 Å². The van der Waals surface area contributed by atoms with Gasteiger partial charge in [-0.3, -0.25) is 9.88 Å². The number of rotatable bonds is 3. The van der Waals surface area contributed by atoms with Crippen molar-refractivity contribution in [1.29, 1.82) is 0 Å². The standard InChI is InChI=1S/C23H25FN6/c1-14(2)29-8-10-30(11-9-29)15-6-7-18-20(12-15)28-23(27-18)16-13-26-19-5-3-4-17(24)21(19)22(16)25/h3-7,12-14H,8-11H2,1-2H3,(H2,25,26)(H,27,28). The largest absolute Gasteiger partial charge is 0.397 e. The maximum atomic E-state index is 14.3. The number of halogens is 1. The molecule has 1 saturated heterocycles. The summed E-state index contributed by atoms with van der Waals surface area (Å²) in [6.45, 7) is 8.63. The van der Waals surface area contributed by atoms with Crippen LogP contribution in [0.2, 0.25) is 0 Å². The highest BCUT2D eigenvalue weighted by molar-refractivity contribution is 5.98. The van der Waals surface area contributed by atoms with E-state index in [0.29, 0.717) is 34.0 Å². The van der Waals surface area contributed by atoms with Crippen LogP contribution in [0.4, 0.5) is 15.8 Å². The SMILES string of the molecule is CC(C)N1CCN(c2ccc3nc(-c4cnc5cccc(F)c5c4N)[nH]c3c2)CC1. The number of nitrogen functional groups attached to an aromatic ring is 1. The summed E-state index contributed by atoms with van der Waals surface area (Å²) in [7, 11) is 0. The van der Waals surface area contributed by atoms with E-state index in [-0.39, 0.29) is 5.82 Å². The first-order chi connectivity index (χ1) is 14.5. The fraction of sp³-hybridized carbons (Fsp3) is 0.304. The number of benzene rings is 2. The molecule has 0 amide bonds. The quantitative estimate of drug-likeness (QED) is 0.539. The summed E-state index contributed by atoms with van der Waals surface area (Å²) < 4.78 is 14.3. The fourth-order valence-corrected chi connectivity index (χ4v) is 4.23. The van der Waals surface area contributed by atoms with Crippen LogP contribution >= 0.6 is 0 Å². The number of aromatic amines is 1.